The molecule has 0 spiro atoms. The van der Waals surface area contributed by atoms with Gasteiger partial charge in [-0.2, -0.15) is 0 Å². The maximum Gasteiger partial charge on any atom is 0.228 e. The van der Waals surface area contributed by atoms with Gasteiger partial charge in [-0.25, -0.2) is 4.98 Å². The highest BCUT2D eigenvalue weighted by molar-refractivity contribution is 7.99. The Morgan fingerprint density at radius 1 is 1.00 bits per heavy atom. The number of oxazole rings is 1. The Hall–Kier alpha value is -2.11. The van der Waals surface area contributed by atoms with Gasteiger partial charge in [0.05, 0.1) is 0 Å². The fourth-order valence-electron chi connectivity index (χ4n) is 1.83. The minimum Gasteiger partial charge on any atom is -0.429 e. The Kier molecular flexibility index (Phi) is 4.03. The van der Waals surface area contributed by atoms with Crippen molar-refractivity contribution in [1.82, 2.24) is 4.98 Å². The van der Waals surface area contributed by atoms with E-state index < -0.39 is 0 Å². The fourth-order valence-corrected chi connectivity index (χ4v) is 2.91. The van der Waals surface area contributed by atoms with Crippen LogP contribution >= 0.6 is 24.0 Å². The van der Waals surface area contributed by atoms with Crippen LogP contribution in [0.15, 0.2) is 75.1 Å². The zero-order valence-electron chi connectivity index (χ0n) is 11.0. The van der Waals surface area contributed by atoms with Gasteiger partial charge in [0.25, 0.3) is 0 Å². The summed E-state index contributed by atoms with van der Waals surface area (Å²) in [7, 11) is 0. The Labute approximate surface area is 132 Å². The van der Waals surface area contributed by atoms with Gasteiger partial charge < -0.3 is 10.2 Å². The van der Waals surface area contributed by atoms with E-state index in [-0.39, 0.29) is 4.99 Å². The van der Waals surface area contributed by atoms with Gasteiger partial charge in [-0.05, 0) is 36.0 Å². The molecule has 1 heterocycles. The molecule has 0 radical (unpaired) electrons. The maximum absolute atomic E-state index is 5.85. The minimum absolute atomic E-state index is 0.236. The summed E-state index contributed by atoms with van der Waals surface area (Å²) in [6, 6.07) is 19.6. The van der Waals surface area contributed by atoms with E-state index in [9.17, 15) is 0 Å². The van der Waals surface area contributed by atoms with E-state index in [4.69, 9.17) is 22.4 Å². The van der Waals surface area contributed by atoms with Crippen molar-refractivity contribution in [2.24, 2.45) is 5.73 Å². The lowest BCUT2D eigenvalue weighted by atomic mass is 10.2. The Bertz CT molecular complexity index is 754. The second-order valence-electron chi connectivity index (χ2n) is 4.30. The number of aromatic nitrogens is 1. The number of rotatable bonds is 4. The van der Waals surface area contributed by atoms with E-state index in [0.717, 1.165) is 10.5 Å². The lowest BCUT2D eigenvalue weighted by Crippen LogP contribution is -2.10. The van der Waals surface area contributed by atoms with Crippen LogP contribution < -0.4 is 5.73 Å². The van der Waals surface area contributed by atoms with Gasteiger partial charge in [0.2, 0.25) is 5.89 Å². The summed E-state index contributed by atoms with van der Waals surface area (Å²) in [6.07, 6.45) is 0. The van der Waals surface area contributed by atoms with Crippen LogP contribution in [0.1, 0.15) is 5.69 Å². The van der Waals surface area contributed by atoms with Crippen molar-refractivity contribution in [3.05, 3.63) is 66.4 Å². The molecule has 0 amide bonds. The molecule has 0 aliphatic carbocycles. The van der Waals surface area contributed by atoms with E-state index in [1.807, 2.05) is 60.7 Å². The molecule has 0 aliphatic rings. The van der Waals surface area contributed by atoms with Crippen molar-refractivity contribution in [3.8, 4) is 11.5 Å². The highest BCUT2D eigenvalue weighted by Gasteiger charge is 2.17. The normalized spacial score (nSPS) is 10.5. The first kappa shape index (κ1) is 13.9. The standard InChI is InChI=1S/C16H12N2OS2/c17-14(20)13-16(21-12-9-5-2-6-10-12)19-15(18-13)11-7-3-1-4-8-11/h1-10H,(H2,17,20). The van der Waals surface area contributed by atoms with Crippen LogP contribution in [-0.2, 0) is 0 Å². The van der Waals surface area contributed by atoms with E-state index in [0.29, 0.717) is 16.7 Å². The summed E-state index contributed by atoms with van der Waals surface area (Å²) in [5, 5.41) is 0.618. The van der Waals surface area contributed by atoms with Gasteiger partial charge in [0.1, 0.15) is 4.99 Å². The van der Waals surface area contributed by atoms with Gasteiger partial charge in [0.15, 0.2) is 10.8 Å². The number of hydrogen-bond donors (Lipinski definition) is 1. The molecule has 0 saturated heterocycles. The highest BCUT2D eigenvalue weighted by atomic mass is 32.2. The molecule has 5 heteroatoms. The van der Waals surface area contributed by atoms with Crippen molar-refractivity contribution in [2.45, 2.75) is 9.99 Å². The molecule has 3 nitrogen and oxygen atoms in total. The first-order valence-corrected chi connectivity index (χ1v) is 7.55. The van der Waals surface area contributed by atoms with E-state index in [2.05, 4.69) is 4.98 Å². The molecule has 3 aromatic rings. The van der Waals surface area contributed by atoms with Crippen molar-refractivity contribution < 1.29 is 4.42 Å². The van der Waals surface area contributed by atoms with Gasteiger partial charge in [0, 0.05) is 10.5 Å². The lowest BCUT2D eigenvalue weighted by Gasteiger charge is -1.99. The quantitative estimate of drug-likeness (QED) is 0.734. The monoisotopic (exact) mass is 312 g/mol. The zero-order chi connectivity index (χ0) is 14.7. The summed E-state index contributed by atoms with van der Waals surface area (Å²) in [6.45, 7) is 0. The molecule has 0 unspecified atom stereocenters. The summed E-state index contributed by atoms with van der Waals surface area (Å²) in [5.41, 5.74) is 7.18. The summed E-state index contributed by atoms with van der Waals surface area (Å²) < 4.78 is 5.85. The largest absolute Gasteiger partial charge is 0.429 e. The number of hydrogen-bond acceptors (Lipinski definition) is 4. The van der Waals surface area contributed by atoms with Crippen molar-refractivity contribution in [3.63, 3.8) is 0 Å². The molecule has 0 saturated carbocycles. The zero-order valence-corrected chi connectivity index (χ0v) is 12.7. The van der Waals surface area contributed by atoms with Crippen LogP contribution in [0.4, 0.5) is 0 Å². The molecule has 21 heavy (non-hydrogen) atoms. The number of nitrogens with two attached hydrogens (primary N) is 1. The van der Waals surface area contributed by atoms with Gasteiger partial charge >= 0.3 is 0 Å². The molecular weight excluding hydrogens is 300 g/mol. The molecule has 0 fully saturated rings. The third-order valence-corrected chi connectivity index (χ3v) is 3.97. The summed E-state index contributed by atoms with van der Waals surface area (Å²) in [5.74, 6) is 0.525. The number of thiocarbonyl (C=S) groups is 1. The van der Waals surface area contributed by atoms with E-state index in [1.54, 1.807) is 0 Å². The van der Waals surface area contributed by atoms with Crippen LogP contribution in [0.5, 0.6) is 0 Å². The Morgan fingerprint density at radius 2 is 1.62 bits per heavy atom. The average molecular weight is 312 g/mol. The van der Waals surface area contributed by atoms with E-state index in [1.165, 1.54) is 11.8 Å². The van der Waals surface area contributed by atoms with Crippen LogP contribution in [0, 0.1) is 0 Å². The molecule has 0 atom stereocenters. The topological polar surface area (TPSA) is 52.0 Å². The predicted octanol–water partition coefficient (Wildman–Crippen LogP) is 4.13. The molecule has 2 aromatic carbocycles. The summed E-state index contributed by atoms with van der Waals surface area (Å²) in [4.78, 5) is 5.70. The third-order valence-electron chi connectivity index (χ3n) is 2.80. The van der Waals surface area contributed by atoms with Crippen LogP contribution in [-0.4, -0.2) is 9.97 Å². The molecule has 1 aromatic heterocycles. The van der Waals surface area contributed by atoms with Gasteiger partial charge in [-0.3, -0.25) is 0 Å². The third kappa shape index (κ3) is 3.15. The molecule has 2 N–H and O–H groups in total. The molecule has 104 valence electrons. The Morgan fingerprint density at radius 3 is 2.24 bits per heavy atom. The Balaban J connectivity index is 2.00. The van der Waals surface area contributed by atoms with Crippen LogP contribution in [0.2, 0.25) is 0 Å². The second kappa shape index (κ2) is 6.11. The number of benzene rings is 2. The fraction of sp³-hybridized carbons (Fsp3) is 0. The molecule has 3 rings (SSSR count). The average Bonchev–Trinajstić information content (AvgIpc) is 2.93. The smallest absolute Gasteiger partial charge is 0.228 e. The molecule has 0 bridgehead atoms. The van der Waals surface area contributed by atoms with Crippen LogP contribution in [0.25, 0.3) is 11.5 Å². The summed E-state index contributed by atoms with van der Waals surface area (Å²) >= 11 is 6.53. The minimum atomic E-state index is 0.236. The number of nitrogens with zero attached hydrogens (tertiary/aromatic N) is 1. The SMILES string of the molecule is NC(=S)c1nc(-c2ccccc2)oc1Sc1ccccc1. The molecular formula is C16H12N2OS2. The van der Waals surface area contributed by atoms with Crippen LogP contribution in [0.3, 0.4) is 0 Å². The van der Waals surface area contributed by atoms with Gasteiger partial charge in [-0.1, -0.05) is 48.6 Å². The van der Waals surface area contributed by atoms with Gasteiger partial charge in [-0.15, -0.1) is 0 Å². The van der Waals surface area contributed by atoms with Crippen molar-refractivity contribution >= 4 is 29.0 Å². The first-order chi connectivity index (χ1) is 10.2. The lowest BCUT2D eigenvalue weighted by molar-refractivity contribution is 0.483. The van der Waals surface area contributed by atoms with E-state index >= 15 is 0 Å². The maximum atomic E-state index is 5.85. The first-order valence-electron chi connectivity index (χ1n) is 6.33. The second-order valence-corrected chi connectivity index (χ2v) is 5.79. The predicted molar refractivity (Wildman–Crippen MR) is 88.4 cm³/mol. The molecule has 0 aliphatic heterocycles. The van der Waals surface area contributed by atoms with Crippen molar-refractivity contribution in [2.75, 3.05) is 0 Å². The van der Waals surface area contributed by atoms with Crippen molar-refractivity contribution in [1.29, 1.82) is 0 Å². The highest BCUT2D eigenvalue weighted by Crippen LogP contribution is 2.33.